The van der Waals surface area contributed by atoms with Gasteiger partial charge in [-0.2, -0.15) is 0 Å². The van der Waals surface area contributed by atoms with Crippen molar-refractivity contribution in [3.05, 3.63) is 16.1 Å². The minimum atomic E-state index is 0.786. The molecule has 0 saturated heterocycles. The number of hydrogen-bond acceptors (Lipinski definition) is 2. The second kappa shape index (κ2) is 7.86. The van der Waals surface area contributed by atoms with Crippen molar-refractivity contribution < 1.29 is 0 Å². The van der Waals surface area contributed by atoms with Crippen molar-refractivity contribution in [2.24, 2.45) is 11.8 Å². The Hall–Kier alpha value is -0.370. The highest BCUT2D eigenvalue weighted by molar-refractivity contribution is 7.11. The van der Waals surface area contributed by atoms with Crippen LogP contribution < -0.4 is 0 Å². The van der Waals surface area contributed by atoms with E-state index < -0.39 is 0 Å². The summed E-state index contributed by atoms with van der Waals surface area (Å²) in [5.74, 6) is 1.63. The van der Waals surface area contributed by atoms with Crippen LogP contribution in [0.2, 0.25) is 0 Å². The van der Waals surface area contributed by atoms with Crippen molar-refractivity contribution >= 4 is 11.3 Å². The maximum atomic E-state index is 4.52. The molecule has 1 nitrogen and oxygen atoms in total. The number of aromatic nitrogens is 1. The molecule has 0 aliphatic rings. The Labute approximate surface area is 111 Å². The summed E-state index contributed by atoms with van der Waals surface area (Å²) < 4.78 is 0. The van der Waals surface area contributed by atoms with E-state index in [0.717, 1.165) is 18.3 Å². The van der Waals surface area contributed by atoms with Gasteiger partial charge < -0.3 is 0 Å². The Balaban J connectivity index is 2.21. The van der Waals surface area contributed by atoms with Crippen LogP contribution in [0.1, 0.15) is 63.3 Å². The van der Waals surface area contributed by atoms with E-state index in [2.05, 4.69) is 38.9 Å². The van der Waals surface area contributed by atoms with Crippen molar-refractivity contribution in [1.82, 2.24) is 4.98 Å². The van der Waals surface area contributed by atoms with Gasteiger partial charge in [0.05, 0.1) is 5.01 Å². The summed E-state index contributed by atoms with van der Waals surface area (Å²) >= 11 is 1.92. The lowest BCUT2D eigenvalue weighted by molar-refractivity contribution is 0.539. The summed E-state index contributed by atoms with van der Waals surface area (Å²) in [6, 6.07) is 0. The molecule has 0 atom stereocenters. The van der Waals surface area contributed by atoms with Crippen molar-refractivity contribution in [2.75, 3.05) is 0 Å². The Morgan fingerprint density at radius 2 is 1.71 bits per heavy atom. The standard InChI is InChI=1S/C15H27NS/c1-12(2)7-5-6-8-14-11-16-15(17-14)10-9-13(3)4/h11-13H,5-10H2,1-4H3. The summed E-state index contributed by atoms with van der Waals surface area (Å²) in [7, 11) is 0. The molecule has 0 saturated carbocycles. The largest absolute Gasteiger partial charge is 0.249 e. The number of unbranched alkanes of at least 4 members (excludes halogenated alkanes) is 1. The Kier molecular flexibility index (Phi) is 6.79. The normalized spacial score (nSPS) is 11.6. The van der Waals surface area contributed by atoms with Crippen LogP contribution in [0, 0.1) is 11.8 Å². The van der Waals surface area contributed by atoms with Crippen LogP contribution in [0.3, 0.4) is 0 Å². The van der Waals surface area contributed by atoms with Gasteiger partial charge in [0.25, 0.3) is 0 Å². The van der Waals surface area contributed by atoms with Gasteiger partial charge in [0.1, 0.15) is 0 Å². The third-order valence-corrected chi connectivity index (χ3v) is 4.11. The average molecular weight is 253 g/mol. The predicted octanol–water partition coefficient (Wildman–Crippen LogP) is 5.10. The molecule has 0 aliphatic heterocycles. The molecule has 0 aliphatic carbocycles. The molecular weight excluding hydrogens is 226 g/mol. The molecule has 98 valence electrons. The Morgan fingerprint density at radius 1 is 1.00 bits per heavy atom. The van der Waals surface area contributed by atoms with E-state index in [1.54, 1.807) is 0 Å². The smallest absolute Gasteiger partial charge is 0.0927 e. The van der Waals surface area contributed by atoms with Gasteiger partial charge in [0, 0.05) is 11.1 Å². The highest BCUT2D eigenvalue weighted by Gasteiger charge is 2.03. The molecule has 0 bridgehead atoms. The van der Waals surface area contributed by atoms with E-state index in [1.165, 1.54) is 42.0 Å². The molecule has 1 rings (SSSR count). The quantitative estimate of drug-likeness (QED) is 0.587. The lowest BCUT2D eigenvalue weighted by Crippen LogP contribution is -1.90. The SMILES string of the molecule is CC(C)CCCCc1cnc(CCC(C)C)s1. The topological polar surface area (TPSA) is 12.9 Å². The fourth-order valence-electron chi connectivity index (χ4n) is 1.84. The van der Waals surface area contributed by atoms with E-state index in [4.69, 9.17) is 0 Å². The molecule has 0 aromatic carbocycles. The van der Waals surface area contributed by atoms with Gasteiger partial charge in [-0.05, 0) is 37.5 Å². The van der Waals surface area contributed by atoms with Gasteiger partial charge in [0.15, 0.2) is 0 Å². The summed E-state index contributed by atoms with van der Waals surface area (Å²) in [6.45, 7) is 9.16. The molecule has 0 N–H and O–H groups in total. The van der Waals surface area contributed by atoms with E-state index in [9.17, 15) is 0 Å². The molecule has 0 spiro atoms. The minimum absolute atomic E-state index is 0.786. The molecule has 0 amide bonds. The number of rotatable bonds is 8. The van der Waals surface area contributed by atoms with E-state index in [0.29, 0.717) is 0 Å². The Morgan fingerprint density at radius 3 is 2.35 bits per heavy atom. The molecule has 0 fully saturated rings. The van der Waals surface area contributed by atoms with Crippen LogP contribution in [-0.2, 0) is 12.8 Å². The van der Waals surface area contributed by atoms with Crippen LogP contribution >= 0.6 is 11.3 Å². The number of nitrogens with zero attached hydrogens (tertiary/aromatic N) is 1. The fourth-order valence-corrected chi connectivity index (χ4v) is 2.82. The molecule has 1 heterocycles. The second-order valence-electron chi connectivity index (χ2n) is 5.79. The first kappa shape index (κ1) is 14.7. The lowest BCUT2D eigenvalue weighted by Gasteiger charge is -2.02. The molecule has 1 aromatic rings. The van der Waals surface area contributed by atoms with E-state index in [-0.39, 0.29) is 0 Å². The average Bonchev–Trinajstić information content (AvgIpc) is 2.69. The maximum absolute atomic E-state index is 4.52. The van der Waals surface area contributed by atoms with Crippen molar-refractivity contribution in [2.45, 2.75) is 66.2 Å². The van der Waals surface area contributed by atoms with Crippen LogP contribution in [0.15, 0.2) is 6.20 Å². The van der Waals surface area contributed by atoms with Crippen LogP contribution in [0.4, 0.5) is 0 Å². The zero-order chi connectivity index (χ0) is 12.7. The Bertz CT molecular complexity index is 302. The molecular formula is C15H27NS. The summed E-state index contributed by atoms with van der Waals surface area (Å²) in [5, 5.41) is 1.33. The summed E-state index contributed by atoms with van der Waals surface area (Å²) in [6.07, 6.45) is 9.79. The molecule has 0 radical (unpaired) electrons. The zero-order valence-corrected chi connectivity index (χ0v) is 12.6. The van der Waals surface area contributed by atoms with Crippen molar-refractivity contribution in [3.63, 3.8) is 0 Å². The van der Waals surface area contributed by atoms with E-state index in [1.807, 2.05) is 11.3 Å². The minimum Gasteiger partial charge on any atom is -0.249 e. The van der Waals surface area contributed by atoms with Gasteiger partial charge >= 0.3 is 0 Å². The molecule has 2 heteroatoms. The van der Waals surface area contributed by atoms with Gasteiger partial charge in [-0.1, -0.05) is 40.5 Å². The van der Waals surface area contributed by atoms with Gasteiger partial charge in [-0.15, -0.1) is 11.3 Å². The molecule has 0 unspecified atom stereocenters. The monoisotopic (exact) mass is 253 g/mol. The first-order valence-electron chi connectivity index (χ1n) is 7.01. The number of hydrogen-bond donors (Lipinski definition) is 0. The van der Waals surface area contributed by atoms with Crippen LogP contribution in [0.25, 0.3) is 0 Å². The highest BCUT2D eigenvalue weighted by atomic mass is 32.1. The second-order valence-corrected chi connectivity index (χ2v) is 6.99. The third-order valence-electron chi connectivity index (χ3n) is 2.99. The van der Waals surface area contributed by atoms with Gasteiger partial charge in [0.2, 0.25) is 0 Å². The molecule has 1 aromatic heterocycles. The first-order valence-corrected chi connectivity index (χ1v) is 7.83. The molecule has 17 heavy (non-hydrogen) atoms. The first-order chi connectivity index (χ1) is 8.08. The zero-order valence-electron chi connectivity index (χ0n) is 11.8. The highest BCUT2D eigenvalue weighted by Crippen LogP contribution is 2.19. The fraction of sp³-hybridized carbons (Fsp3) is 0.800. The van der Waals surface area contributed by atoms with Gasteiger partial charge in [-0.3, -0.25) is 0 Å². The van der Waals surface area contributed by atoms with E-state index >= 15 is 0 Å². The van der Waals surface area contributed by atoms with Crippen LogP contribution in [0.5, 0.6) is 0 Å². The maximum Gasteiger partial charge on any atom is 0.0927 e. The van der Waals surface area contributed by atoms with Crippen LogP contribution in [-0.4, -0.2) is 4.98 Å². The predicted molar refractivity (Wildman–Crippen MR) is 77.7 cm³/mol. The number of thiazole rings is 1. The summed E-state index contributed by atoms with van der Waals surface area (Å²) in [4.78, 5) is 6.00. The third kappa shape index (κ3) is 6.82. The number of aryl methyl sites for hydroxylation is 2. The summed E-state index contributed by atoms with van der Waals surface area (Å²) in [5.41, 5.74) is 0. The van der Waals surface area contributed by atoms with Gasteiger partial charge in [-0.25, -0.2) is 4.98 Å². The van der Waals surface area contributed by atoms with Crippen molar-refractivity contribution in [1.29, 1.82) is 0 Å². The van der Waals surface area contributed by atoms with Crippen molar-refractivity contribution in [3.8, 4) is 0 Å². The lowest BCUT2D eigenvalue weighted by atomic mass is 10.1.